The molecule has 1 aromatic carbocycles. The van der Waals surface area contributed by atoms with Gasteiger partial charge in [-0.2, -0.15) is 0 Å². The number of unbranched alkanes of at least 4 members (excludes halogenated alkanes) is 1. The number of piperidine rings is 1. The molecule has 6 heteroatoms. The van der Waals surface area contributed by atoms with E-state index in [-0.39, 0.29) is 34.7 Å². The van der Waals surface area contributed by atoms with Gasteiger partial charge >= 0.3 is 0 Å². The maximum absolute atomic E-state index is 13.1. The van der Waals surface area contributed by atoms with Crippen molar-refractivity contribution >= 4 is 29.3 Å². The number of thioether (sulfide) groups is 1. The van der Waals surface area contributed by atoms with E-state index in [9.17, 15) is 9.59 Å². The summed E-state index contributed by atoms with van der Waals surface area (Å²) in [6.45, 7) is 13.8. The van der Waals surface area contributed by atoms with E-state index < -0.39 is 0 Å². The molecule has 0 bridgehead atoms. The molecule has 1 saturated heterocycles. The Labute approximate surface area is 186 Å². The Morgan fingerprint density at radius 2 is 1.70 bits per heavy atom. The summed E-state index contributed by atoms with van der Waals surface area (Å²) in [5.41, 5.74) is 1.95. The van der Waals surface area contributed by atoms with Gasteiger partial charge in [0.1, 0.15) is 0 Å². The summed E-state index contributed by atoms with van der Waals surface area (Å²) in [7, 11) is 0. The number of amides is 2. The zero-order chi connectivity index (χ0) is 22.4. The number of nitrogens with one attached hydrogen (secondary N) is 2. The standard InChI is InChI=1S/C24H39N3O2S/c1-7-8-13-27(20-14-23(3,4)26-24(5,6)15-20)22(29)17-30-16-21(28)25-19-11-9-18(2)10-12-19/h9-12,20,26H,7-8,13-17H2,1-6H3,(H,25,28). The molecule has 1 aliphatic rings. The van der Waals surface area contributed by atoms with Gasteiger partial charge in [-0.3, -0.25) is 9.59 Å². The number of hydrogen-bond acceptors (Lipinski definition) is 4. The summed E-state index contributed by atoms with van der Waals surface area (Å²) >= 11 is 1.40. The third-order valence-electron chi connectivity index (χ3n) is 5.48. The molecule has 0 spiro atoms. The van der Waals surface area contributed by atoms with E-state index in [1.165, 1.54) is 11.8 Å². The van der Waals surface area contributed by atoms with Crippen molar-refractivity contribution in [1.82, 2.24) is 10.2 Å². The normalized spacial score (nSPS) is 18.1. The lowest BCUT2D eigenvalue weighted by Gasteiger charge is -2.49. The van der Waals surface area contributed by atoms with Gasteiger partial charge in [0.05, 0.1) is 11.5 Å². The summed E-state index contributed by atoms with van der Waals surface area (Å²) in [6, 6.07) is 7.98. The summed E-state index contributed by atoms with van der Waals surface area (Å²) in [4.78, 5) is 27.4. The summed E-state index contributed by atoms with van der Waals surface area (Å²) < 4.78 is 0. The van der Waals surface area contributed by atoms with Gasteiger partial charge in [-0.1, -0.05) is 31.0 Å². The Morgan fingerprint density at radius 3 is 2.27 bits per heavy atom. The van der Waals surface area contributed by atoms with Crippen LogP contribution in [0.3, 0.4) is 0 Å². The number of rotatable bonds is 9. The maximum Gasteiger partial charge on any atom is 0.234 e. The highest BCUT2D eigenvalue weighted by atomic mass is 32.2. The monoisotopic (exact) mass is 433 g/mol. The zero-order valence-corrected chi connectivity index (χ0v) is 20.3. The van der Waals surface area contributed by atoms with Crippen molar-refractivity contribution in [2.45, 2.75) is 84.3 Å². The van der Waals surface area contributed by atoms with E-state index >= 15 is 0 Å². The second-order valence-corrected chi connectivity index (χ2v) is 10.8. The number of nitrogens with zero attached hydrogens (tertiary/aromatic N) is 1. The van der Waals surface area contributed by atoms with Crippen LogP contribution in [0.5, 0.6) is 0 Å². The van der Waals surface area contributed by atoms with Crippen LogP contribution >= 0.6 is 11.8 Å². The van der Waals surface area contributed by atoms with Crippen LogP contribution in [0.2, 0.25) is 0 Å². The fraction of sp³-hybridized carbons (Fsp3) is 0.667. The van der Waals surface area contributed by atoms with Gasteiger partial charge in [0, 0.05) is 29.4 Å². The van der Waals surface area contributed by atoms with Crippen molar-refractivity contribution < 1.29 is 9.59 Å². The highest BCUT2D eigenvalue weighted by Gasteiger charge is 2.40. The molecule has 2 rings (SSSR count). The molecule has 0 saturated carbocycles. The molecule has 0 atom stereocenters. The van der Waals surface area contributed by atoms with Crippen LogP contribution in [-0.2, 0) is 9.59 Å². The van der Waals surface area contributed by atoms with Crippen LogP contribution in [0, 0.1) is 6.92 Å². The van der Waals surface area contributed by atoms with Crippen LogP contribution < -0.4 is 10.6 Å². The number of hydrogen-bond donors (Lipinski definition) is 2. The van der Waals surface area contributed by atoms with Crippen molar-refractivity contribution in [1.29, 1.82) is 0 Å². The number of carbonyl (C=O) groups is 2. The fourth-order valence-corrected chi connectivity index (χ4v) is 5.18. The second kappa shape index (κ2) is 10.7. The molecule has 0 radical (unpaired) electrons. The molecule has 0 aliphatic carbocycles. The SMILES string of the molecule is CCCCN(C(=O)CSCC(=O)Nc1ccc(C)cc1)C1CC(C)(C)NC(C)(C)C1. The third-order valence-corrected chi connectivity index (χ3v) is 6.39. The Kier molecular flexibility index (Phi) is 8.80. The number of carbonyl (C=O) groups excluding carboxylic acids is 2. The molecule has 0 aromatic heterocycles. The highest BCUT2D eigenvalue weighted by Crippen LogP contribution is 2.32. The van der Waals surface area contributed by atoms with E-state index in [4.69, 9.17) is 0 Å². The van der Waals surface area contributed by atoms with Crippen molar-refractivity contribution in [3.63, 3.8) is 0 Å². The van der Waals surface area contributed by atoms with Gasteiger partial charge in [0.15, 0.2) is 0 Å². The largest absolute Gasteiger partial charge is 0.339 e. The van der Waals surface area contributed by atoms with Gasteiger partial charge in [0.2, 0.25) is 11.8 Å². The first-order valence-corrected chi connectivity index (χ1v) is 12.2. The van der Waals surface area contributed by atoms with Gasteiger partial charge in [-0.15, -0.1) is 11.8 Å². The lowest BCUT2D eigenvalue weighted by Crippen LogP contribution is -2.63. The van der Waals surface area contributed by atoms with Crippen LogP contribution in [0.1, 0.15) is 65.9 Å². The maximum atomic E-state index is 13.1. The van der Waals surface area contributed by atoms with Gasteiger partial charge in [-0.25, -0.2) is 0 Å². The third kappa shape index (κ3) is 7.95. The summed E-state index contributed by atoms with van der Waals surface area (Å²) in [5, 5.41) is 6.60. The number of aryl methyl sites for hydroxylation is 1. The molecule has 1 heterocycles. The Hall–Kier alpha value is -1.53. The number of benzene rings is 1. The molecule has 5 nitrogen and oxygen atoms in total. The molecule has 0 unspecified atom stereocenters. The second-order valence-electron chi connectivity index (χ2n) is 9.80. The average Bonchev–Trinajstić information content (AvgIpc) is 2.61. The highest BCUT2D eigenvalue weighted by molar-refractivity contribution is 8.00. The summed E-state index contributed by atoms with van der Waals surface area (Å²) in [5.74, 6) is 0.705. The quantitative estimate of drug-likeness (QED) is 0.597. The molecule has 2 N–H and O–H groups in total. The minimum atomic E-state index is -0.0686. The molecule has 2 amide bonds. The first kappa shape index (κ1) is 24.7. The van der Waals surface area contributed by atoms with Crippen molar-refractivity contribution in [3.8, 4) is 0 Å². The van der Waals surface area contributed by atoms with Crippen LogP contribution in [0.15, 0.2) is 24.3 Å². The molecule has 30 heavy (non-hydrogen) atoms. The van der Waals surface area contributed by atoms with E-state index in [0.29, 0.717) is 5.75 Å². The lowest BCUT2D eigenvalue weighted by atomic mass is 9.79. The predicted octanol–water partition coefficient (Wildman–Crippen LogP) is 4.60. The first-order chi connectivity index (χ1) is 14.0. The minimum Gasteiger partial charge on any atom is -0.339 e. The van der Waals surface area contributed by atoms with Gasteiger partial charge < -0.3 is 15.5 Å². The van der Waals surface area contributed by atoms with Crippen molar-refractivity contribution in [2.24, 2.45) is 0 Å². The van der Waals surface area contributed by atoms with E-state index in [1.807, 2.05) is 31.2 Å². The molecule has 1 aliphatic heterocycles. The Morgan fingerprint density at radius 1 is 1.10 bits per heavy atom. The summed E-state index contributed by atoms with van der Waals surface area (Å²) in [6.07, 6.45) is 3.97. The topological polar surface area (TPSA) is 61.4 Å². The average molecular weight is 434 g/mol. The smallest absolute Gasteiger partial charge is 0.234 e. The van der Waals surface area contributed by atoms with Gasteiger partial charge in [-0.05, 0) is 66.0 Å². The van der Waals surface area contributed by atoms with E-state index in [0.717, 1.165) is 43.5 Å². The van der Waals surface area contributed by atoms with E-state index in [1.54, 1.807) is 0 Å². The predicted molar refractivity (Wildman–Crippen MR) is 128 cm³/mol. The van der Waals surface area contributed by atoms with Gasteiger partial charge in [0.25, 0.3) is 0 Å². The fourth-order valence-electron chi connectivity index (χ4n) is 4.48. The molecular weight excluding hydrogens is 394 g/mol. The first-order valence-electron chi connectivity index (χ1n) is 11.0. The zero-order valence-electron chi connectivity index (χ0n) is 19.5. The van der Waals surface area contributed by atoms with E-state index in [2.05, 4.69) is 50.2 Å². The minimum absolute atomic E-state index is 0.00176. The van der Waals surface area contributed by atoms with Crippen LogP contribution in [-0.4, -0.2) is 51.9 Å². The van der Waals surface area contributed by atoms with Crippen molar-refractivity contribution in [2.75, 3.05) is 23.4 Å². The Balaban J connectivity index is 1.91. The van der Waals surface area contributed by atoms with Crippen LogP contribution in [0.4, 0.5) is 5.69 Å². The Bertz CT molecular complexity index is 700. The molecular formula is C24H39N3O2S. The molecule has 168 valence electrons. The van der Waals surface area contributed by atoms with Crippen LogP contribution in [0.25, 0.3) is 0 Å². The molecule has 1 fully saturated rings. The molecule has 1 aromatic rings. The van der Waals surface area contributed by atoms with Crippen molar-refractivity contribution in [3.05, 3.63) is 29.8 Å². The lowest BCUT2D eigenvalue weighted by molar-refractivity contribution is -0.132. The number of anilines is 1.